The fraction of sp³-hybridized carbons (Fsp3) is 0.765. The first-order valence-electron chi connectivity index (χ1n) is 8.97. The van der Waals surface area contributed by atoms with Gasteiger partial charge in [0.1, 0.15) is 18.0 Å². The van der Waals surface area contributed by atoms with Crippen LogP contribution < -0.4 is 10.2 Å². The highest BCUT2D eigenvalue weighted by Crippen LogP contribution is 2.24. The number of hydrogen-bond donors (Lipinski definition) is 2. The van der Waals surface area contributed by atoms with Crippen molar-refractivity contribution in [3.05, 3.63) is 12.4 Å². The van der Waals surface area contributed by atoms with Gasteiger partial charge in [-0.15, -0.1) is 0 Å². The summed E-state index contributed by atoms with van der Waals surface area (Å²) in [7, 11) is 0. The van der Waals surface area contributed by atoms with E-state index in [1.54, 1.807) is 6.33 Å². The van der Waals surface area contributed by atoms with Crippen LogP contribution in [0.1, 0.15) is 26.7 Å². The van der Waals surface area contributed by atoms with Gasteiger partial charge in [0.2, 0.25) is 0 Å². The number of rotatable bonds is 6. The molecule has 3 rings (SSSR count). The maximum Gasteiger partial charge on any atom is 0.134 e. The van der Waals surface area contributed by atoms with E-state index in [1.165, 1.54) is 0 Å². The van der Waals surface area contributed by atoms with Gasteiger partial charge in [-0.25, -0.2) is 9.97 Å². The average Bonchev–Trinajstić information content (AvgIpc) is 3.03. The Hall–Kier alpha value is -1.44. The Morgan fingerprint density at radius 3 is 2.83 bits per heavy atom. The number of aromatic nitrogens is 2. The Labute approximate surface area is 144 Å². The minimum absolute atomic E-state index is 0.181. The van der Waals surface area contributed by atoms with Crippen molar-refractivity contribution < 1.29 is 9.84 Å². The van der Waals surface area contributed by atoms with Gasteiger partial charge in [-0.1, -0.05) is 0 Å². The molecule has 0 saturated carbocycles. The highest BCUT2D eigenvalue weighted by atomic mass is 16.5. The first-order chi connectivity index (χ1) is 11.7. The number of morpholine rings is 1. The van der Waals surface area contributed by atoms with Crippen molar-refractivity contribution >= 4 is 11.6 Å². The molecule has 2 N–H and O–H groups in total. The Morgan fingerprint density at radius 1 is 1.29 bits per heavy atom. The lowest BCUT2D eigenvalue weighted by molar-refractivity contribution is -0.0667. The second kappa shape index (κ2) is 8.09. The van der Waals surface area contributed by atoms with Crippen LogP contribution in [0.25, 0.3) is 0 Å². The Kier molecular flexibility index (Phi) is 5.86. The van der Waals surface area contributed by atoms with Gasteiger partial charge in [-0.3, -0.25) is 4.90 Å². The van der Waals surface area contributed by atoms with E-state index in [9.17, 15) is 5.11 Å². The summed E-state index contributed by atoms with van der Waals surface area (Å²) in [6, 6.07) is 2.17. The summed E-state index contributed by atoms with van der Waals surface area (Å²) < 4.78 is 5.77. The number of nitrogens with one attached hydrogen (secondary N) is 1. The molecule has 24 heavy (non-hydrogen) atoms. The molecular weight excluding hydrogens is 306 g/mol. The smallest absolute Gasteiger partial charge is 0.134 e. The van der Waals surface area contributed by atoms with E-state index >= 15 is 0 Å². The summed E-state index contributed by atoms with van der Waals surface area (Å²) in [5, 5.41) is 12.9. The van der Waals surface area contributed by atoms with Crippen LogP contribution in [0.4, 0.5) is 11.6 Å². The van der Waals surface area contributed by atoms with Crippen molar-refractivity contribution in [2.45, 2.75) is 44.9 Å². The molecule has 2 fully saturated rings. The van der Waals surface area contributed by atoms with E-state index in [0.29, 0.717) is 12.2 Å². The van der Waals surface area contributed by atoms with Gasteiger partial charge < -0.3 is 20.1 Å². The molecule has 0 aliphatic carbocycles. The molecule has 7 nitrogen and oxygen atoms in total. The first kappa shape index (κ1) is 17.4. The second-order valence-electron chi connectivity index (χ2n) is 6.88. The quantitative estimate of drug-likeness (QED) is 0.802. The molecule has 2 saturated heterocycles. The molecule has 0 spiro atoms. The third-order valence-electron chi connectivity index (χ3n) is 4.76. The van der Waals surface area contributed by atoms with E-state index in [0.717, 1.165) is 57.2 Å². The van der Waals surface area contributed by atoms with Crippen LogP contribution in [0.3, 0.4) is 0 Å². The summed E-state index contributed by atoms with van der Waals surface area (Å²) in [5.74, 6) is 1.75. The summed E-state index contributed by atoms with van der Waals surface area (Å²) in [4.78, 5) is 13.3. The van der Waals surface area contributed by atoms with Gasteiger partial charge in [-0.05, 0) is 26.7 Å². The average molecular weight is 335 g/mol. The van der Waals surface area contributed by atoms with E-state index < -0.39 is 0 Å². The van der Waals surface area contributed by atoms with Crippen molar-refractivity contribution in [2.75, 3.05) is 49.5 Å². The molecule has 2 aliphatic rings. The lowest BCUT2D eigenvalue weighted by Crippen LogP contribution is -2.46. The molecule has 2 aliphatic heterocycles. The van der Waals surface area contributed by atoms with Crippen molar-refractivity contribution in [3.63, 3.8) is 0 Å². The van der Waals surface area contributed by atoms with Crippen LogP contribution in [0.5, 0.6) is 0 Å². The fourth-order valence-electron chi connectivity index (χ4n) is 3.74. The molecule has 0 bridgehead atoms. The van der Waals surface area contributed by atoms with E-state index in [1.807, 2.05) is 6.07 Å². The molecule has 0 unspecified atom stereocenters. The third-order valence-corrected chi connectivity index (χ3v) is 4.76. The predicted molar refractivity (Wildman–Crippen MR) is 94.4 cm³/mol. The molecule has 7 heteroatoms. The topological polar surface area (TPSA) is 73.8 Å². The number of ether oxygens (including phenoxy) is 1. The zero-order chi connectivity index (χ0) is 16.9. The third kappa shape index (κ3) is 4.34. The SMILES string of the molecule is C[C@@H]1CN(CCNc2cc(N3CCC[C@@H]3CO)ncn2)C[C@H](C)O1. The largest absolute Gasteiger partial charge is 0.394 e. The Bertz CT molecular complexity index is 519. The molecule has 0 amide bonds. The molecular formula is C17H29N5O2. The van der Waals surface area contributed by atoms with Gasteiger partial charge in [0.15, 0.2) is 0 Å². The van der Waals surface area contributed by atoms with Crippen LogP contribution in [0.2, 0.25) is 0 Å². The Morgan fingerprint density at radius 2 is 2.08 bits per heavy atom. The maximum absolute atomic E-state index is 9.48. The number of aliphatic hydroxyl groups is 1. The fourth-order valence-corrected chi connectivity index (χ4v) is 3.74. The highest BCUT2D eigenvalue weighted by Gasteiger charge is 2.25. The van der Waals surface area contributed by atoms with Crippen molar-refractivity contribution in [3.8, 4) is 0 Å². The Balaban J connectivity index is 1.51. The highest BCUT2D eigenvalue weighted by molar-refractivity contribution is 5.49. The summed E-state index contributed by atoms with van der Waals surface area (Å²) in [6.07, 6.45) is 4.32. The predicted octanol–water partition coefficient (Wildman–Crippen LogP) is 0.959. The summed E-state index contributed by atoms with van der Waals surface area (Å²) in [6.45, 7) is 9.16. The number of hydrogen-bond acceptors (Lipinski definition) is 7. The van der Waals surface area contributed by atoms with Gasteiger partial charge in [0.05, 0.1) is 24.9 Å². The number of nitrogens with zero attached hydrogens (tertiary/aromatic N) is 4. The van der Waals surface area contributed by atoms with Crippen LogP contribution in [0, 0.1) is 0 Å². The van der Waals surface area contributed by atoms with Crippen molar-refractivity contribution in [1.82, 2.24) is 14.9 Å². The van der Waals surface area contributed by atoms with Crippen LogP contribution in [0.15, 0.2) is 12.4 Å². The van der Waals surface area contributed by atoms with Gasteiger partial charge in [-0.2, -0.15) is 0 Å². The zero-order valence-corrected chi connectivity index (χ0v) is 14.7. The monoisotopic (exact) mass is 335 g/mol. The lowest BCUT2D eigenvalue weighted by atomic mass is 10.2. The van der Waals surface area contributed by atoms with Crippen LogP contribution in [-0.2, 0) is 4.74 Å². The molecule has 3 heterocycles. The zero-order valence-electron chi connectivity index (χ0n) is 14.7. The standard InChI is InChI=1S/C17H29N5O2/c1-13-9-21(10-14(2)24-13)7-5-18-16-8-17(20-12-19-16)22-6-3-4-15(22)11-23/h8,12-15,23H,3-7,9-11H2,1-2H3,(H,18,19,20)/t13-,14+,15-/m1/s1. The number of aliphatic hydroxyl groups excluding tert-OH is 1. The van der Waals surface area contributed by atoms with E-state index in [-0.39, 0.29) is 12.6 Å². The summed E-state index contributed by atoms with van der Waals surface area (Å²) >= 11 is 0. The maximum atomic E-state index is 9.48. The number of anilines is 2. The lowest BCUT2D eigenvalue weighted by Gasteiger charge is -2.35. The van der Waals surface area contributed by atoms with Crippen LogP contribution in [-0.4, -0.2) is 77.6 Å². The van der Waals surface area contributed by atoms with Gasteiger partial charge >= 0.3 is 0 Å². The molecule has 0 aromatic carbocycles. The van der Waals surface area contributed by atoms with E-state index in [4.69, 9.17) is 4.74 Å². The minimum Gasteiger partial charge on any atom is -0.394 e. The van der Waals surface area contributed by atoms with Crippen molar-refractivity contribution in [1.29, 1.82) is 0 Å². The molecule has 3 atom stereocenters. The van der Waals surface area contributed by atoms with E-state index in [2.05, 4.69) is 38.9 Å². The normalized spacial score (nSPS) is 28.3. The summed E-state index contributed by atoms with van der Waals surface area (Å²) in [5.41, 5.74) is 0. The first-order valence-corrected chi connectivity index (χ1v) is 8.97. The van der Waals surface area contributed by atoms with Crippen molar-refractivity contribution in [2.24, 2.45) is 0 Å². The molecule has 1 aromatic rings. The minimum atomic E-state index is 0.181. The molecule has 134 valence electrons. The van der Waals surface area contributed by atoms with Gasteiger partial charge in [0, 0.05) is 38.8 Å². The van der Waals surface area contributed by atoms with Gasteiger partial charge in [0.25, 0.3) is 0 Å². The second-order valence-corrected chi connectivity index (χ2v) is 6.88. The van der Waals surface area contributed by atoms with Crippen LogP contribution >= 0.6 is 0 Å². The molecule has 1 aromatic heterocycles. The molecule has 0 radical (unpaired) electrons.